The van der Waals surface area contributed by atoms with Crippen molar-refractivity contribution in [3.63, 3.8) is 0 Å². The van der Waals surface area contributed by atoms with E-state index in [0.29, 0.717) is 0 Å². The van der Waals surface area contributed by atoms with Crippen LogP contribution in [0, 0.1) is 0 Å². The molecule has 0 spiro atoms. The first kappa shape index (κ1) is 32.2. The van der Waals surface area contributed by atoms with Crippen molar-refractivity contribution in [2.24, 2.45) is 7.05 Å². The Kier molecular flexibility index (Phi) is 7.30. The number of hydrogen-bond acceptors (Lipinski definition) is 4. The van der Waals surface area contributed by atoms with Gasteiger partial charge in [-0.25, -0.2) is 9.97 Å². The van der Waals surface area contributed by atoms with Crippen LogP contribution >= 0.6 is 0 Å². The zero-order chi connectivity index (χ0) is 37.2. The summed E-state index contributed by atoms with van der Waals surface area (Å²) >= 11 is 0. The Balaban J connectivity index is 1.10. The van der Waals surface area contributed by atoms with Crippen LogP contribution in [0.5, 0.6) is 23.0 Å². The maximum atomic E-state index is 6.88. The molecule has 0 saturated heterocycles. The third kappa shape index (κ3) is 4.81. The van der Waals surface area contributed by atoms with Gasteiger partial charge >= 0.3 is 0 Å². The number of rotatable bonds is 6. The number of benzene rings is 7. The molecule has 7 heteroatoms. The number of pyridine rings is 1. The minimum Gasteiger partial charge on any atom is -0.458 e. The third-order valence-electron chi connectivity index (χ3n) is 11.1. The molecule has 4 heterocycles. The fourth-order valence-electron chi connectivity index (χ4n) is 8.82. The Hall–Kier alpha value is -7.22. The van der Waals surface area contributed by atoms with Crippen molar-refractivity contribution in [2.45, 2.75) is 0 Å². The van der Waals surface area contributed by atoms with Gasteiger partial charge in [-0.1, -0.05) is 109 Å². The van der Waals surface area contributed by atoms with Crippen molar-refractivity contribution in [3.05, 3.63) is 188 Å². The highest BCUT2D eigenvalue weighted by Gasteiger charge is 2.49. The van der Waals surface area contributed by atoms with Crippen molar-refractivity contribution in [1.82, 2.24) is 19.1 Å². The smallest absolute Gasteiger partial charge is 0.189 e. The van der Waals surface area contributed by atoms with Crippen LogP contribution in [0.1, 0.15) is 0 Å². The van der Waals surface area contributed by atoms with E-state index in [1.807, 2.05) is 54.7 Å². The Morgan fingerprint density at radius 1 is 0.589 bits per heavy atom. The third-order valence-corrected chi connectivity index (χ3v) is 16.0. The monoisotopic (exact) mass is 738 g/mol. The highest BCUT2D eigenvalue weighted by molar-refractivity contribution is 7.21. The molecule has 0 N–H and O–H groups in total. The molecule has 10 aromatic rings. The van der Waals surface area contributed by atoms with Gasteiger partial charge in [-0.3, -0.25) is 4.57 Å². The summed E-state index contributed by atoms with van der Waals surface area (Å²) in [5, 5.41) is 7.30. The molecule has 7 aromatic carbocycles. The summed E-state index contributed by atoms with van der Waals surface area (Å²) in [7, 11) is -0.902. The van der Waals surface area contributed by atoms with E-state index in [1.165, 1.54) is 20.7 Å². The molecule has 3 aromatic heterocycles. The topological polar surface area (TPSA) is 54.1 Å². The van der Waals surface area contributed by atoms with Gasteiger partial charge in [-0.2, -0.15) is 0 Å². The summed E-state index contributed by atoms with van der Waals surface area (Å²) in [6, 6.07) is 63.8. The van der Waals surface area contributed by atoms with Gasteiger partial charge < -0.3 is 14.0 Å². The lowest BCUT2D eigenvalue weighted by atomic mass is 10.2. The molecule has 0 aliphatic carbocycles. The summed E-state index contributed by atoms with van der Waals surface area (Å²) < 4.78 is 17.9. The van der Waals surface area contributed by atoms with E-state index in [9.17, 15) is 0 Å². The number of fused-ring (bicyclic) bond motifs is 7. The summed E-state index contributed by atoms with van der Waals surface area (Å²) in [6.07, 6.45) is 1.88. The number of aryl methyl sites for hydroxylation is 1. The normalized spacial score (nSPS) is 13.0. The maximum absolute atomic E-state index is 6.88. The standard InChI is InChI=1S/C49H34N4O2Si/c1-52-41-25-9-8-24-40(41)51-48(52)33-15-12-17-35(31-33)54-36-18-13-16-34(32-36)53-42-28-29-44-47(46(42)39-23-14-30-50-49(39)53)56(37-19-4-2-5-20-37,38-21-6-3-7-22-38)45-27-11-10-26-43(45)55-44/h2-32H,1H3. The molecule has 6 nitrogen and oxygen atoms in total. The number of imidazole rings is 1. The molecule has 0 radical (unpaired) electrons. The summed E-state index contributed by atoms with van der Waals surface area (Å²) in [5.74, 6) is 4.14. The lowest BCUT2D eigenvalue weighted by molar-refractivity contribution is 0.482. The highest BCUT2D eigenvalue weighted by atomic mass is 28.3. The molecule has 0 saturated carbocycles. The van der Waals surface area contributed by atoms with E-state index in [4.69, 9.17) is 19.4 Å². The van der Waals surface area contributed by atoms with Crippen molar-refractivity contribution in [3.8, 4) is 40.1 Å². The van der Waals surface area contributed by atoms with Crippen molar-refractivity contribution < 1.29 is 9.47 Å². The Bertz CT molecular complexity index is 3080. The molecule has 0 bridgehead atoms. The number of aromatic nitrogens is 4. The van der Waals surface area contributed by atoms with Gasteiger partial charge in [0.15, 0.2) is 8.07 Å². The van der Waals surface area contributed by atoms with Gasteiger partial charge in [0.05, 0.1) is 22.2 Å². The van der Waals surface area contributed by atoms with Crippen LogP contribution in [-0.4, -0.2) is 27.2 Å². The zero-order valence-electron chi connectivity index (χ0n) is 30.5. The highest BCUT2D eigenvalue weighted by Crippen LogP contribution is 2.39. The minimum atomic E-state index is -2.95. The quantitative estimate of drug-likeness (QED) is 0.160. The fraction of sp³-hybridized carbons (Fsp3) is 0.0204. The molecule has 0 fully saturated rings. The van der Waals surface area contributed by atoms with Crippen LogP contribution in [0.4, 0.5) is 0 Å². The minimum absolute atomic E-state index is 0.725. The molecule has 1 aliphatic heterocycles. The van der Waals surface area contributed by atoms with Gasteiger partial charge in [0.1, 0.15) is 34.5 Å². The molecular formula is C49H34N4O2Si. The van der Waals surface area contributed by atoms with Crippen LogP contribution in [-0.2, 0) is 7.05 Å². The van der Waals surface area contributed by atoms with E-state index >= 15 is 0 Å². The summed E-state index contributed by atoms with van der Waals surface area (Å²) in [5.41, 5.74) is 5.93. The number of nitrogens with zero attached hydrogens (tertiary/aromatic N) is 4. The van der Waals surface area contributed by atoms with Gasteiger partial charge in [0.25, 0.3) is 0 Å². The van der Waals surface area contributed by atoms with Crippen LogP contribution in [0.15, 0.2) is 188 Å². The Labute approximate surface area is 324 Å². The molecule has 0 unspecified atom stereocenters. The first-order chi connectivity index (χ1) is 27.7. The lowest BCUT2D eigenvalue weighted by Crippen LogP contribution is -2.76. The molecule has 11 rings (SSSR count). The van der Waals surface area contributed by atoms with Crippen molar-refractivity contribution in [2.75, 3.05) is 0 Å². The Morgan fingerprint density at radius 2 is 1.30 bits per heavy atom. The molecule has 266 valence electrons. The van der Waals surface area contributed by atoms with Crippen LogP contribution in [0.3, 0.4) is 0 Å². The van der Waals surface area contributed by atoms with Crippen LogP contribution < -0.4 is 30.2 Å². The predicted molar refractivity (Wildman–Crippen MR) is 228 cm³/mol. The second kappa shape index (κ2) is 12.7. The Morgan fingerprint density at radius 3 is 2.11 bits per heavy atom. The lowest BCUT2D eigenvalue weighted by Gasteiger charge is -2.40. The maximum Gasteiger partial charge on any atom is 0.189 e. The van der Waals surface area contributed by atoms with Crippen LogP contribution in [0.25, 0.3) is 50.0 Å². The fourth-order valence-corrected chi connectivity index (χ4v) is 14.0. The molecular weight excluding hydrogens is 705 g/mol. The number of ether oxygens (including phenoxy) is 2. The van der Waals surface area contributed by atoms with E-state index in [-0.39, 0.29) is 0 Å². The summed E-state index contributed by atoms with van der Waals surface area (Å²) in [6.45, 7) is 0. The van der Waals surface area contributed by atoms with Gasteiger partial charge in [0, 0.05) is 40.8 Å². The summed E-state index contributed by atoms with van der Waals surface area (Å²) in [4.78, 5) is 9.97. The average Bonchev–Trinajstić information content (AvgIpc) is 3.78. The number of para-hydroxylation sites is 3. The largest absolute Gasteiger partial charge is 0.458 e. The molecule has 56 heavy (non-hydrogen) atoms. The van der Waals surface area contributed by atoms with E-state index in [2.05, 4.69) is 150 Å². The van der Waals surface area contributed by atoms with E-state index < -0.39 is 8.07 Å². The molecule has 0 amide bonds. The molecule has 0 atom stereocenters. The average molecular weight is 739 g/mol. The van der Waals surface area contributed by atoms with E-state index in [1.54, 1.807) is 0 Å². The van der Waals surface area contributed by atoms with Crippen LogP contribution in [0.2, 0.25) is 0 Å². The first-order valence-electron chi connectivity index (χ1n) is 18.8. The first-order valence-corrected chi connectivity index (χ1v) is 20.8. The van der Waals surface area contributed by atoms with Crippen molar-refractivity contribution >= 4 is 61.8 Å². The zero-order valence-corrected chi connectivity index (χ0v) is 31.5. The molecule has 1 aliphatic rings. The second-order valence-corrected chi connectivity index (χ2v) is 17.9. The van der Waals surface area contributed by atoms with Crippen molar-refractivity contribution in [1.29, 1.82) is 0 Å². The predicted octanol–water partition coefficient (Wildman–Crippen LogP) is 9.01. The second-order valence-electron chi connectivity index (χ2n) is 14.2. The van der Waals surface area contributed by atoms with E-state index in [0.717, 1.165) is 73.0 Å². The van der Waals surface area contributed by atoms with Gasteiger partial charge in [-0.05, 0) is 82.3 Å². The SMILES string of the molecule is Cn1c(-c2cccc(Oc3cccc(-n4c5ccc6c(c5c5cccnc54)[Si](c4ccccc4)(c4ccccc4)c4ccccc4O6)c3)c2)nc2ccccc21. The number of hydrogen-bond donors (Lipinski definition) is 0. The van der Waals surface area contributed by atoms with Gasteiger partial charge in [-0.15, -0.1) is 0 Å². The van der Waals surface area contributed by atoms with Gasteiger partial charge in [0.2, 0.25) is 0 Å².